The van der Waals surface area contributed by atoms with Crippen molar-refractivity contribution >= 4 is 11.3 Å². The Morgan fingerprint density at radius 3 is 2.62 bits per heavy atom. The van der Waals surface area contributed by atoms with Crippen molar-refractivity contribution in [2.75, 3.05) is 0 Å². The number of hydrogen-bond acceptors (Lipinski definition) is 5. The molecule has 1 N–H and O–H groups in total. The van der Waals surface area contributed by atoms with E-state index in [1.54, 1.807) is 11.3 Å². The van der Waals surface area contributed by atoms with Crippen LogP contribution in [0, 0.1) is 20.8 Å². The first-order valence-corrected chi connectivity index (χ1v) is 6.02. The predicted octanol–water partition coefficient (Wildman–Crippen LogP) is 2.35. The number of aryl methyl sites for hydroxylation is 3. The van der Waals surface area contributed by atoms with Crippen LogP contribution < -0.4 is 5.32 Å². The molecule has 2 aromatic rings. The van der Waals surface area contributed by atoms with Crippen LogP contribution in [0.25, 0.3) is 0 Å². The van der Waals surface area contributed by atoms with E-state index in [1.807, 2.05) is 20.8 Å². The Bertz CT molecular complexity index is 475. The van der Waals surface area contributed by atoms with Crippen molar-refractivity contribution in [1.29, 1.82) is 0 Å². The second-order valence-corrected chi connectivity index (χ2v) is 5.02. The molecule has 16 heavy (non-hydrogen) atoms. The zero-order valence-electron chi connectivity index (χ0n) is 9.70. The van der Waals surface area contributed by atoms with Crippen LogP contribution in [-0.2, 0) is 13.1 Å². The Balaban J connectivity index is 1.86. The minimum atomic E-state index is 0.759. The van der Waals surface area contributed by atoms with Gasteiger partial charge in [-0.15, -0.1) is 21.5 Å². The largest absolute Gasteiger partial charge is 0.466 e. The topological polar surface area (TPSA) is 51.0 Å². The summed E-state index contributed by atoms with van der Waals surface area (Å²) in [7, 11) is 0. The summed E-state index contributed by atoms with van der Waals surface area (Å²) in [5.41, 5.74) is 1.21. The van der Waals surface area contributed by atoms with E-state index in [0.29, 0.717) is 0 Å². The Labute approximate surface area is 98.7 Å². The predicted molar refractivity (Wildman–Crippen MR) is 63.4 cm³/mol. The maximum absolute atomic E-state index is 5.46. The van der Waals surface area contributed by atoms with Gasteiger partial charge in [0.05, 0.1) is 0 Å². The van der Waals surface area contributed by atoms with Crippen molar-refractivity contribution in [3.63, 3.8) is 0 Å². The van der Waals surface area contributed by atoms with Crippen LogP contribution in [0.15, 0.2) is 10.5 Å². The van der Waals surface area contributed by atoms with Crippen molar-refractivity contribution in [3.05, 3.63) is 33.2 Å². The summed E-state index contributed by atoms with van der Waals surface area (Å²) in [6.45, 7) is 7.48. The van der Waals surface area contributed by atoms with Crippen LogP contribution in [-0.4, -0.2) is 10.2 Å². The first-order chi connectivity index (χ1) is 7.65. The van der Waals surface area contributed by atoms with Crippen LogP contribution in [0.3, 0.4) is 0 Å². The van der Waals surface area contributed by atoms with E-state index >= 15 is 0 Å². The fourth-order valence-corrected chi connectivity index (χ4v) is 2.25. The van der Waals surface area contributed by atoms with Gasteiger partial charge in [0.15, 0.2) is 0 Å². The first-order valence-electron chi connectivity index (χ1n) is 5.21. The number of rotatable bonds is 4. The lowest BCUT2D eigenvalue weighted by Gasteiger charge is -1.99. The monoisotopic (exact) mass is 237 g/mol. The van der Waals surface area contributed by atoms with E-state index in [0.717, 1.165) is 34.6 Å². The highest BCUT2D eigenvalue weighted by atomic mass is 32.1. The molecule has 2 aromatic heterocycles. The summed E-state index contributed by atoms with van der Waals surface area (Å²) in [4.78, 5) is 0. The van der Waals surface area contributed by atoms with Gasteiger partial charge in [-0.1, -0.05) is 0 Å². The number of furan rings is 1. The van der Waals surface area contributed by atoms with Gasteiger partial charge in [-0.25, -0.2) is 0 Å². The van der Waals surface area contributed by atoms with E-state index in [1.165, 1.54) is 5.56 Å². The van der Waals surface area contributed by atoms with Crippen molar-refractivity contribution < 1.29 is 4.42 Å². The molecule has 2 rings (SSSR count). The van der Waals surface area contributed by atoms with Gasteiger partial charge >= 0.3 is 0 Å². The highest BCUT2D eigenvalue weighted by Gasteiger charge is 2.05. The number of nitrogens with one attached hydrogen (secondary N) is 1. The van der Waals surface area contributed by atoms with Crippen LogP contribution in [0.1, 0.15) is 27.1 Å². The molecule has 2 heterocycles. The summed E-state index contributed by atoms with van der Waals surface area (Å²) in [5.74, 6) is 1.94. The Morgan fingerprint density at radius 2 is 2.06 bits per heavy atom. The smallest absolute Gasteiger partial charge is 0.131 e. The van der Waals surface area contributed by atoms with Crippen LogP contribution in [0.4, 0.5) is 0 Å². The summed E-state index contributed by atoms with van der Waals surface area (Å²) in [5, 5.41) is 13.4. The fourth-order valence-electron chi connectivity index (χ4n) is 1.57. The molecule has 0 saturated carbocycles. The van der Waals surface area contributed by atoms with Gasteiger partial charge in [0.2, 0.25) is 0 Å². The molecule has 5 heteroatoms. The molecule has 0 radical (unpaired) electrons. The molecule has 0 unspecified atom stereocenters. The highest BCUT2D eigenvalue weighted by Crippen LogP contribution is 2.13. The van der Waals surface area contributed by atoms with Crippen LogP contribution >= 0.6 is 11.3 Å². The lowest BCUT2D eigenvalue weighted by Crippen LogP contribution is -2.12. The average molecular weight is 237 g/mol. The normalized spacial score (nSPS) is 10.9. The van der Waals surface area contributed by atoms with Gasteiger partial charge in [-0.3, -0.25) is 0 Å². The van der Waals surface area contributed by atoms with Crippen molar-refractivity contribution in [2.45, 2.75) is 33.9 Å². The third-order valence-electron chi connectivity index (χ3n) is 2.30. The van der Waals surface area contributed by atoms with Gasteiger partial charge in [0.25, 0.3) is 0 Å². The van der Waals surface area contributed by atoms with Gasteiger partial charge in [0.1, 0.15) is 21.5 Å². The maximum atomic E-state index is 5.46. The minimum Gasteiger partial charge on any atom is -0.466 e. The second-order valence-electron chi connectivity index (χ2n) is 3.76. The first kappa shape index (κ1) is 11.3. The molecule has 0 atom stereocenters. The molecule has 4 nitrogen and oxygen atoms in total. The summed E-state index contributed by atoms with van der Waals surface area (Å²) in [6.07, 6.45) is 0. The van der Waals surface area contributed by atoms with Gasteiger partial charge in [-0.2, -0.15) is 0 Å². The third-order valence-corrected chi connectivity index (χ3v) is 3.14. The summed E-state index contributed by atoms with van der Waals surface area (Å²) in [6, 6.07) is 2.06. The van der Waals surface area contributed by atoms with Crippen molar-refractivity contribution in [2.24, 2.45) is 0 Å². The summed E-state index contributed by atoms with van der Waals surface area (Å²) >= 11 is 1.62. The third kappa shape index (κ3) is 2.68. The van der Waals surface area contributed by atoms with E-state index in [-0.39, 0.29) is 0 Å². The fraction of sp³-hybridized carbons (Fsp3) is 0.455. The van der Waals surface area contributed by atoms with Gasteiger partial charge < -0.3 is 9.73 Å². The second kappa shape index (κ2) is 4.76. The maximum Gasteiger partial charge on any atom is 0.131 e. The van der Waals surface area contributed by atoms with Crippen molar-refractivity contribution in [3.8, 4) is 0 Å². The average Bonchev–Trinajstić information content (AvgIpc) is 2.74. The van der Waals surface area contributed by atoms with E-state index < -0.39 is 0 Å². The van der Waals surface area contributed by atoms with Gasteiger partial charge in [-0.05, 0) is 26.8 Å². The Hall–Kier alpha value is -1.20. The molecule has 0 fully saturated rings. The molecular formula is C11H15N3OS. The molecule has 86 valence electrons. The quantitative estimate of drug-likeness (QED) is 0.886. The molecule has 0 aromatic carbocycles. The summed E-state index contributed by atoms with van der Waals surface area (Å²) < 4.78 is 5.46. The molecule has 0 saturated heterocycles. The number of aromatic nitrogens is 2. The lowest BCUT2D eigenvalue weighted by atomic mass is 10.2. The highest BCUT2D eigenvalue weighted by molar-refractivity contribution is 7.11. The van der Waals surface area contributed by atoms with Crippen LogP contribution in [0.5, 0.6) is 0 Å². The van der Waals surface area contributed by atoms with E-state index in [9.17, 15) is 0 Å². The van der Waals surface area contributed by atoms with E-state index in [4.69, 9.17) is 4.42 Å². The van der Waals surface area contributed by atoms with Gasteiger partial charge in [0, 0.05) is 18.7 Å². The molecule has 0 aliphatic carbocycles. The Morgan fingerprint density at radius 1 is 1.25 bits per heavy atom. The zero-order valence-corrected chi connectivity index (χ0v) is 10.5. The minimum absolute atomic E-state index is 0.759. The number of nitrogens with zero attached hydrogens (tertiary/aromatic N) is 2. The molecule has 0 aliphatic rings. The van der Waals surface area contributed by atoms with Crippen molar-refractivity contribution in [1.82, 2.24) is 15.5 Å². The molecule has 0 bridgehead atoms. The number of hydrogen-bond donors (Lipinski definition) is 1. The standard InChI is InChI=1S/C11H15N3OS/c1-7-4-10(8(2)15-7)5-12-6-11-14-13-9(3)16-11/h4,12H,5-6H2,1-3H3. The lowest BCUT2D eigenvalue weighted by molar-refractivity contribution is 0.499. The molecule has 0 amide bonds. The SMILES string of the molecule is Cc1cc(CNCc2nnc(C)s2)c(C)o1. The zero-order chi connectivity index (χ0) is 11.5. The van der Waals surface area contributed by atoms with E-state index in [2.05, 4.69) is 21.6 Å². The molecular weight excluding hydrogens is 222 g/mol. The Kier molecular flexibility index (Phi) is 3.36. The molecule has 0 spiro atoms. The van der Waals surface area contributed by atoms with Crippen LogP contribution in [0.2, 0.25) is 0 Å². The molecule has 0 aliphatic heterocycles.